The Morgan fingerprint density at radius 3 is 2.37 bits per heavy atom. The van der Waals surface area contributed by atoms with Gasteiger partial charge in [0.2, 0.25) is 11.8 Å². The molecule has 0 fully saturated rings. The minimum atomic E-state index is -0.107. The van der Waals surface area contributed by atoms with Gasteiger partial charge in [-0.2, -0.15) is 0 Å². The molecule has 1 unspecified atom stereocenters. The Morgan fingerprint density at radius 2 is 1.95 bits per heavy atom. The lowest BCUT2D eigenvalue weighted by atomic mass is 10.1. The highest BCUT2D eigenvalue weighted by atomic mass is 16.5. The fourth-order valence-corrected chi connectivity index (χ4v) is 2.14. The first kappa shape index (κ1) is 15.7. The number of carbonyl (C=O) groups is 1. The summed E-state index contributed by atoms with van der Waals surface area (Å²) in [7, 11) is 0. The van der Waals surface area contributed by atoms with Crippen LogP contribution in [0.4, 0.5) is 5.88 Å². The van der Waals surface area contributed by atoms with Gasteiger partial charge in [0.15, 0.2) is 0 Å². The van der Waals surface area contributed by atoms with Gasteiger partial charge in [-0.25, -0.2) is 0 Å². The lowest BCUT2D eigenvalue weighted by molar-refractivity contribution is -0.121. The molecule has 108 valence electrons. The molecular formula is C14H25N3O2. The number of amides is 1. The maximum atomic E-state index is 12.4. The number of likely N-dealkylation sites (N-methyl/N-ethyl adjacent to an activating group) is 1. The van der Waals surface area contributed by atoms with Crippen LogP contribution in [0.25, 0.3) is 0 Å². The number of nitrogens with one attached hydrogen (secondary N) is 1. The minimum absolute atomic E-state index is 0.00944. The Hall–Kier alpha value is -1.36. The Labute approximate surface area is 115 Å². The molecule has 1 N–H and O–H groups in total. The third-order valence-corrected chi connectivity index (χ3v) is 3.51. The van der Waals surface area contributed by atoms with E-state index in [-0.39, 0.29) is 11.9 Å². The summed E-state index contributed by atoms with van der Waals surface area (Å²) in [6.07, 6.45) is 1.82. The molecule has 0 spiro atoms. The van der Waals surface area contributed by atoms with E-state index in [0.29, 0.717) is 5.88 Å². The van der Waals surface area contributed by atoms with Gasteiger partial charge in [-0.1, -0.05) is 32.3 Å². The number of hydrogen-bond donors (Lipinski definition) is 1. The molecule has 1 atom stereocenters. The van der Waals surface area contributed by atoms with Gasteiger partial charge in [-0.15, -0.1) is 0 Å². The van der Waals surface area contributed by atoms with Gasteiger partial charge < -0.3 is 4.52 Å². The number of anilines is 1. The Kier molecular flexibility index (Phi) is 6.02. The van der Waals surface area contributed by atoms with E-state index in [0.717, 1.165) is 37.2 Å². The standard InChI is InChI=1S/C14H25N3O2/c1-6-9-12(17(7-2)8-3)13(18)15-14-10(4)11(5)16-19-14/h12H,6-9H2,1-5H3,(H,15,18). The highest BCUT2D eigenvalue weighted by Gasteiger charge is 2.24. The number of nitrogens with zero attached hydrogens (tertiary/aromatic N) is 2. The zero-order valence-corrected chi connectivity index (χ0v) is 12.6. The van der Waals surface area contributed by atoms with Crippen molar-refractivity contribution < 1.29 is 9.32 Å². The molecule has 1 aromatic heterocycles. The van der Waals surface area contributed by atoms with Crippen LogP contribution in [0.2, 0.25) is 0 Å². The van der Waals surface area contributed by atoms with Crippen LogP contribution in [0, 0.1) is 13.8 Å². The predicted molar refractivity (Wildman–Crippen MR) is 76.2 cm³/mol. The third-order valence-electron chi connectivity index (χ3n) is 3.51. The van der Waals surface area contributed by atoms with Crippen molar-refractivity contribution in [2.24, 2.45) is 0 Å². The number of rotatable bonds is 7. The lowest BCUT2D eigenvalue weighted by Gasteiger charge is -2.27. The average Bonchev–Trinajstić information content (AvgIpc) is 2.71. The van der Waals surface area contributed by atoms with Crippen LogP contribution < -0.4 is 5.32 Å². The molecule has 0 saturated carbocycles. The summed E-state index contributed by atoms with van der Waals surface area (Å²) in [5.41, 5.74) is 1.70. The second-order valence-corrected chi connectivity index (χ2v) is 4.74. The summed E-state index contributed by atoms with van der Waals surface area (Å²) < 4.78 is 5.14. The van der Waals surface area contributed by atoms with Crippen molar-refractivity contribution in [1.82, 2.24) is 10.1 Å². The van der Waals surface area contributed by atoms with E-state index in [1.165, 1.54) is 0 Å². The van der Waals surface area contributed by atoms with Crippen LogP contribution in [0.5, 0.6) is 0 Å². The molecule has 0 saturated heterocycles. The van der Waals surface area contributed by atoms with E-state index in [1.807, 2.05) is 13.8 Å². The first-order valence-electron chi connectivity index (χ1n) is 7.02. The van der Waals surface area contributed by atoms with Crippen LogP contribution in [0.1, 0.15) is 44.9 Å². The van der Waals surface area contributed by atoms with E-state index >= 15 is 0 Å². The molecule has 0 aliphatic carbocycles. The van der Waals surface area contributed by atoms with Crippen molar-refractivity contribution in [3.05, 3.63) is 11.3 Å². The van der Waals surface area contributed by atoms with Crippen molar-refractivity contribution in [2.45, 2.75) is 53.5 Å². The fourth-order valence-electron chi connectivity index (χ4n) is 2.14. The molecular weight excluding hydrogens is 242 g/mol. The molecule has 0 bridgehead atoms. The second-order valence-electron chi connectivity index (χ2n) is 4.74. The Balaban J connectivity index is 2.79. The average molecular weight is 267 g/mol. The predicted octanol–water partition coefficient (Wildman–Crippen LogP) is 2.74. The molecule has 1 aromatic rings. The van der Waals surface area contributed by atoms with E-state index in [9.17, 15) is 4.79 Å². The topological polar surface area (TPSA) is 58.4 Å². The monoisotopic (exact) mass is 267 g/mol. The van der Waals surface area contributed by atoms with Gasteiger partial charge in [0.25, 0.3) is 0 Å². The Bertz CT molecular complexity index is 411. The molecule has 5 nitrogen and oxygen atoms in total. The fraction of sp³-hybridized carbons (Fsp3) is 0.714. The van der Waals surface area contributed by atoms with Gasteiger partial charge in [0, 0.05) is 5.56 Å². The molecule has 0 radical (unpaired) electrons. The maximum Gasteiger partial charge on any atom is 0.244 e. The zero-order valence-electron chi connectivity index (χ0n) is 12.6. The first-order chi connectivity index (χ1) is 9.04. The summed E-state index contributed by atoms with van der Waals surface area (Å²) in [6, 6.07) is -0.107. The molecule has 0 aromatic carbocycles. The number of hydrogen-bond acceptors (Lipinski definition) is 4. The molecule has 1 heterocycles. The van der Waals surface area contributed by atoms with E-state index in [4.69, 9.17) is 4.52 Å². The van der Waals surface area contributed by atoms with Crippen molar-refractivity contribution >= 4 is 11.8 Å². The van der Waals surface area contributed by atoms with Crippen LogP contribution in [-0.2, 0) is 4.79 Å². The molecule has 0 aliphatic rings. The molecule has 1 rings (SSSR count). The second kappa shape index (κ2) is 7.28. The largest absolute Gasteiger partial charge is 0.338 e. The van der Waals surface area contributed by atoms with E-state index in [2.05, 4.69) is 36.1 Å². The highest BCUT2D eigenvalue weighted by molar-refractivity contribution is 5.94. The van der Waals surface area contributed by atoms with Gasteiger partial charge in [-0.05, 0) is 33.4 Å². The van der Waals surface area contributed by atoms with Gasteiger partial charge in [0.1, 0.15) is 0 Å². The quantitative estimate of drug-likeness (QED) is 0.825. The molecule has 19 heavy (non-hydrogen) atoms. The van der Waals surface area contributed by atoms with Crippen LogP contribution in [0.3, 0.4) is 0 Å². The van der Waals surface area contributed by atoms with E-state index in [1.54, 1.807) is 0 Å². The summed E-state index contributed by atoms with van der Waals surface area (Å²) in [5.74, 6) is 0.459. The van der Waals surface area contributed by atoms with Crippen molar-refractivity contribution in [3.63, 3.8) is 0 Å². The number of aromatic nitrogens is 1. The molecule has 0 aliphatic heterocycles. The summed E-state index contributed by atoms with van der Waals surface area (Å²) >= 11 is 0. The smallest absolute Gasteiger partial charge is 0.244 e. The molecule has 1 amide bonds. The zero-order chi connectivity index (χ0) is 14.4. The van der Waals surface area contributed by atoms with Crippen LogP contribution >= 0.6 is 0 Å². The minimum Gasteiger partial charge on any atom is -0.338 e. The maximum absolute atomic E-state index is 12.4. The van der Waals surface area contributed by atoms with Gasteiger partial charge >= 0.3 is 0 Å². The normalized spacial score (nSPS) is 12.7. The number of carbonyl (C=O) groups excluding carboxylic acids is 1. The highest BCUT2D eigenvalue weighted by Crippen LogP contribution is 2.19. The van der Waals surface area contributed by atoms with Gasteiger partial charge in [0.05, 0.1) is 11.7 Å². The first-order valence-corrected chi connectivity index (χ1v) is 7.02. The van der Waals surface area contributed by atoms with Crippen LogP contribution in [-0.4, -0.2) is 35.1 Å². The van der Waals surface area contributed by atoms with Crippen molar-refractivity contribution in [2.75, 3.05) is 18.4 Å². The summed E-state index contributed by atoms with van der Waals surface area (Å²) in [6.45, 7) is 11.7. The van der Waals surface area contributed by atoms with Crippen LogP contribution in [0.15, 0.2) is 4.52 Å². The third kappa shape index (κ3) is 3.80. The number of aryl methyl sites for hydroxylation is 1. The Morgan fingerprint density at radius 1 is 1.32 bits per heavy atom. The van der Waals surface area contributed by atoms with E-state index < -0.39 is 0 Å². The summed E-state index contributed by atoms with van der Waals surface area (Å²) in [4.78, 5) is 14.5. The van der Waals surface area contributed by atoms with Crippen molar-refractivity contribution in [3.8, 4) is 0 Å². The SMILES string of the molecule is CCCC(C(=O)Nc1onc(C)c1C)N(CC)CC. The van der Waals surface area contributed by atoms with Gasteiger partial charge in [-0.3, -0.25) is 15.0 Å². The molecule has 5 heteroatoms. The lowest BCUT2D eigenvalue weighted by Crippen LogP contribution is -2.43. The van der Waals surface area contributed by atoms with Crippen molar-refractivity contribution in [1.29, 1.82) is 0 Å². The summed E-state index contributed by atoms with van der Waals surface area (Å²) in [5, 5.41) is 6.71.